The summed E-state index contributed by atoms with van der Waals surface area (Å²) in [5, 5.41) is 3.02. The molecule has 0 aliphatic rings. The topological polar surface area (TPSA) is 64.3 Å². The van der Waals surface area contributed by atoms with E-state index in [0.29, 0.717) is 13.0 Å². The predicted molar refractivity (Wildman–Crippen MR) is 84.4 cm³/mol. The monoisotopic (exact) mass is 300 g/mol. The van der Waals surface area contributed by atoms with Crippen LogP contribution in [0.3, 0.4) is 0 Å². The first-order valence-electron chi connectivity index (χ1n) is 6.56. The molecule has 0 aromatic heterocycles. The lowest BCUT2D eigenvalue weighted by Crippen LogP contribution is -2.55. The summed E-state index contributed by atoms with van der Waals surface area (Å²) in [5.41, 5.74) is 6.27. The Balaban J connectivity index is 0.00000361. The third-order valence-electron chi connectivity index (χ3n) is 3.67. The number of hydrogen-bond donors (Lipinski definition) is 2. The molecule has 0 saturated carbocycles. The molecule has 1 atom stereocenters. The van der Waals surface area contributed by atoms with Crippen LogP contribution in [0.5, 0.6) is 5.75 Å². The van der Waals surface area contributed by atoms with Crippen molar-refractivity contribution in [2.75, 3.05) is 13.7 Å². The average molecular weight is 301 g/mol. The van der Waals surface area contributed by atoms with E-state index >= 15 is 0 Å². The van der Waals surface area contributed by atoms with Crippen molar-refractivity contribution >= 4 is 18.3 Å². The molecule has 0 saturated heterocycles. The molecule has 0 fully saturated rings. The summed E-state index contributed by atoms with van der Waals surface area (Å²) in [6.07, 6.45) is 0.298. The number of amides is 1. The minimum atomic E-state index is -0.376. The molecule has 1 aromatic carbocycles. The number of hydrogen-bond acceptors (Lipinski definition) is 3. The summed E-state index contributed by atoms with van der Waals surface area (Å²) < 4.78 is 5.25. The maximum Gasteiger partial charge on any atom is 0.225 e. The van der Waals surface area contributed by atoms with Gasteiger partial charge >= 0.3 is 0 Å². The van der Waals surface area contributed by atoms with Crippen LogP contribution in [0.1, 0.15) is 26.3 Å². The van der Waals surface area contributed by atoms with E-state index in [1.165, 1.54) is 0 Å². The van der Waals surface area contributed by atoms with Crippen LogP contribution in [-0.2, 0) is 11.2 Å². The van der Waals surface area contributed by atoms with Crippen molar-refractivity contribution in [2.45, 2.75) is 32.7 Å². The van der Waals surface area contributed by atoms with E-state index in [0.717, 1.165) is 11.3 Å². The SMILES string of the molecule is COc1ccccc1CC(=O)NC(C)(CN)C(C)C.Cl. The van der Waals surface area contributed by atoms with Gasteiger partial charge in [0.2, 0.25) is 5.91 Å². The summed E-state index contributed by atoms with van der Waals surface area (Å²) >= 11 is 0. The number of halogens is 1. The summed E-state index contributed by atoms with van der Waals surface area (Å²) in [6.45, 7) is 6.49. The van der Waals surface area contributed by atoms with Gasteiger partial charge in [0.05, 0.1) is 19.1 Å². The maximum absolute atomic E-state index is 12.1. The van der Waals surface area contributed by atoms with E-state index in [1.54, 1.807) is 7.11 Å². The summed E-state index contributed by atoms with van der Waals surface area (Å²) in [6, 6.07) is 7.54. The Morgan fingerprint density at radius 2 is 2.00 bits per heavy atom. The van der Waals surface area contributed by atoms with Gasteiger partial charge in [-0.1, -0.05) is 32.0 Å². The first-order chi connectivity index (χ1) is 8.92. The van der Waals surface area contributed by atoms with E-state index in [2.05, 4.69) is 19.2 Å². The van der Waals surface area contributed by atoms with Gasteiger partial charge in [0.25, 0.3) is 0 Å². The number of methoxy groups -OCH3 is 1. The zero-order valence-corrected chi connectivity index (χ0v) is 13.4. The standard InChI is InChI=1S/C15H24N2O2.ClH/c1-11(2)15(3,10-16)17-14(18)9-12-7-5-6-8-13(12)19-4;/h5-8,11H,9-10,16H2,1-4H3,(H,17,18);1H. The Kier molecular flexibility index (Phi) is 7.61. The van der Waals surface area contributed by atoms with E-state index in [9.17, 15) is 4.79 Å². The first kappa shape index (κ1) is 18.7. The molecule has 1 unspecified atom stereocenters. The molecule has 3 N–H and O–H groups in total. The molecule has 20 heavy (non-hydrogen) atoms. The fourth-order valence-corrected chi connectivity index (χ4v) is 1.82. The highest BCUT2D eigenvalue weighted by Crippen LogP contribution is 2.19. The second-order valence-electron chi connectivity index (χ2n) is 5.31. The quantitative estimate of drug-likeness (QED) is 0.846. The fourth-order valence-electron chi connectivity index (χ4n) is 1.82. The fraction of sp³-hybridized carbons (Fsp3) is 0.533. The van der Waals surface area contributed by atoms with E-state index in [4.69, 9.17) is 10.5 Å². The summed E-state index contributed by atoms with van der Waals surface area (Å²) in [5.74, 6) is 0.974. The molecule has 1 aromatic rings. The first-order valence-corrected chi connectivity index (χ1v) is 6.56. The number of rotatable bonds is 6. The smallest absolute Gasteiger partial charge is 0.225 e. The molecule has 5 heteroatoms. The number of carbonyl (C=O) groups excluding carboxylic acids is 1. The van der Waals surface area contributed by atoms with Crippen LogP contribution in [0.15, 0.2) is 24.3 Å². The van der Waals surface area contributed by atoms with Crippen LogP contribution in [0.4, 0.5) is 0 Å². The van der Waals surface area contributed by atoms with Crippen molar-refractivity contribution < 1.29 is 9.53 Å². The Morgan fingerprint density at radius 1 is 1.40 bits per heavy atom. The van der Waals surface area contributed by atoms with E-state index in [-0.39, 0.29) is 29.8 Å². The van der Waals surface area contributed by atoms with Gasteiger partial charge in [0, 0.05) is 12.1 Å². The molecule has 0 spiro atoms. The molecule has 1 amide bonds. The van der Waals surface area contributed by atoms with Gasteiger partial charge in [-0.15, -0.1) is 12.4 Å². The van der Waals surface area contributed by atoms with Gasteiger partial charge in [-0.05, 0) is 18.9 Å². The molecule has 4 nitrogen and oxygen atoms in total. The van der Waals surface area contributed by atoms with Crippen molar-refractivity contribution in [2.24, 2.45) is 11.7 Å². The predicted octanol–water partition coefficient (Wildman–Crippen LogP) is 2.15. The van der Waals surface area contributed by atoms with Crippen molar-refractivity contribution in [1.29, 1.82) is 0 Å². The van der Waals surface area contributed by atoms with Gasteiger partial charge in [-0.3, -0.25) is 4.79 Å². The van der Waals surface area contributed by atoms with Gasteiger partial charge in [0.1, 0.15) is 5.75 Å². The highest BCUT2D eigenvalue weighted by atomic mass is 35.5. The number of nitrogens with one attached hydrogen (secondary N) is 1. The summed E-state index contributed by atoms with van der Waals surface area (Å²) in [7, 11) is 1.61. The van der Waals surface area contributed by atoms with Crippen molar-refractivity contribution in [3.05, 3.63) is 29.8 Å². The number of para-hydroxylation sites is 1. The van der Waals surface area contributed by atoms with Gasteiger partial charge in [-0.2, -0.15) is 0 Å². The van der Waals surface area contributed by atoms with Crippen LogP contribution in [0.25, 0.3) is 0 Å². The van der Waals surface area contributed by atoms with Crippen molar-refractivity contribution in [3.63, 3.8) is 0 Å². The Labute approximate surface area is 127 Å². The number of benzene rings is 1. The maximum atomic E-state index is 12.1. The minimum absolute atomic E-state index is 0. The second kappa shape index (κ2) is 8.12. The molecule has 114 valence electrons. The Morgan fingerprint density at radius 3 is 2.50 bits per heavy atom. The molecule has 1 rings (SSSR count). The van der Waals surface area contributed by atoms with Crippen molar-refractivity contribution in [1.82, 2.24) is 5.32 Å². The molecular formula is C15H25ClN2O2. The van der Waals surface area contributed by atoms with Crippen LogP contribution >= 0.6 is 12.4 Å². The third-order valence-corrected chi connectivity index (χ3v) is 3.67. The third kappa shape index (κ3) is 4.69. The van der Waals surface area contributed by atoms with E-state index < -0.39 is 0 Å². The largest absolute Gasteiger partial charge is 0.496 e. The number of nitrogens with two attached hydrogens (primary N) is 1. The normalized spacial score (nSPS) is 13.3. The van der Waals surface area contributed by atoms with Gasteiger partial charge in [-0.25, -0.2) is 0 Å². The molecule has 0 aliphatic heterocycles. The van der Waals surface area contributed by atoms with Crippen LogP contribution in [-0.4, -0.2) is 25.1 Å². The average Bonchev–Trinajstić information content (AvgIpc) is 2.38. The lowest BCUT2D eigenvalue weighted by atomic mass is 9.88. The lowest BCUT2D eigenvalue weighted by Gasteiger charge is -2.33. The molecular weight excluding hydrogens is 276 g/mol. The van der Waals surface area contributed by atoms with Crippen LogP contribution in [0, 0.1) is 5.92 Å². The van der Waals surface area contributed by atoms with E-state index in [1.807, 2.05) is 31.2 Å². The molecule has 0 heterocycles. The zero-order valence-electron chi connectivity index (χ0n) is 12.6. The second-order valence-corrected chi connectivity index (χ2v) is 5.31. The zero-order chi connectivity index (χ0) is 14.5. The number of carbonyl (C=O) groups is 1. The number of ether oxygens (including phenoxy) is 1. The molecule has 0 aliphatic carbocycles. The highest BCUT2D eigenvalue weighted by molar-refractivity contribution is 5.85. The Hall–Kier alpha value is -1.26. The molecule has 0 radical (unpaired) electrons. The van der Waals surface area contributed by atoms with Crippen LogP contribution in [0.2, 0.25) is 0 Å². The van der Waals surface area contributed by atoms with Gasteiger partial charge in [0.15, 0.2) is 0 Å². The lowest BCUT2D eigenvalue weighted by molar-refractivity contribution is -0.122. The summed E-state index contributed by atoms with van der Waals surface area (Å²) in [4.78, 5) is 12.1. The van der Waals surface area contributed by atoms with Crippen molar-refractivity contribution in [3.8, 4) is 5.75 Å². The van der Waals surface area contributed by atoms with Crippen LogP contribution < -0.4 is 15.8 Å². The van der Waals surface area contributed by atoms with Gasteiger partial charge < -0.3 is 15.8 Å². The Bertz CT molecular complexity index is 438. The highest BCUT2D eigenvalue weighted by Gasteiger charge is 2.28. The minimum Gasteiger partial charge on any atom is -0.496 e. The molecule has 0 bridgehead atoms.